The first kappa shape index (κ1) is 7.90. The molecule has 2 nitrogen and oxygen atoms in total. The number of nitrogen functional groups attached to an aromatic ring is 1. The van der Waals surface area contributed by atoms with Gasteiger partial charge in [0.15, 0.2) is 0 Å². The second kappa shape index (κ2) is 2.96. The Bertz CT molecular complexity index is 310. The molecule has 0 unspecified atom stereocenters. The number of fused-ring (bicyclic) bond motifs is 1. The van der Waals surface area contributed by atoms with Crippen molar-refractivity contribution in [1.82, 2.24) is 5.32 Å². The zero-order chi connectivity index (χ0) is 8.55. The number of nitrogens with two attached hydrogens (primary N) is 1. The fourth-order valence-electron chi connectivity index (χ4n) is 1.55. The van der Waals surface area contributed by atoms with Crippen molar-refractivity contribution in [2.45, 2.75) is 13.0 Å². The molecule has 0 aromatic heterocycles. The molecule has 3 heteroatoms. The molecule has 0 radical (unpaired) electrons. The van der Waals surface area contributed by atoms with Crippen molar-refractivity contribution in [2.24, 2.45) is 0 Å². The molecule has 0 saturated heterocycles. The van der Waals surface area contributed by atoms with Crippen LogP contribution >= 0.6 is 11.6 Å². The highest BCUT2D eigenvalue weighted by atomic mass is 35.5. The predicted molar refractivity (Wildman–Crippen MR) is 51.3 cm³/mol. The van der Waals surface area contributed by atoms with E-state index in [2.05, 4.69) is 5.32 Å². The lowest BCUT2D eigenvalue weighted by Gasteiger charge is -2.18. The van der Waals surface area contributed by atoms with Gasteiger partial charge in [0.05, 0.1) is 10.7 Å². The highest BCUT2D eigenvalue weighted by Gasteiger charge is 2.12. The smallest absolute Gasteiger partial charge is 0.0671 e. The molecule has 0 fully saturated rings. The Balaban J connectivity index is 2.54. The standard InChI is InChI=1S/C9H11ClN2/c10-9-7-3-4-12-5-6(7)1-2-8(9)11/h1-2,12H,3-5,11H2. The van der Waals surface area contributed by atoms with E-state index in [0.717, 1.165) is 24.5 Å². The average molecular weight is 183 g/mol. The van der Waals surface area contributed by atoms with Gasteiger partial charge < -0.3 is 11.1 Å². The van der Waals surface area contributed by atoms with E-state index in [-0.39, 0.29) is 0 Å². The number of benzene rings is 1. The molecule has 1 aromatic carbocycles. The summed E-state index contributed by atoms with van der Waals surface area (Å²) in [5.74, 6) is 0. The Hall–Kier alpha value is -0.730. The molecule has 2 rings (SSSR count). The predicted octanol–water partition coefficient (Wildman–Crippen LogP) is 1.57. The molecule has 64 valence electrons. The van der Waals surface area contributed by atoms with E-state index < -0.39 is 0 Å². The van der Waals surface area contributed by atoms with Crippen molar-refractivity contribution in [3.05, 3.63) is 28.3 Å². The SMILES string of the molecule is Nc1ccc2c(c1Cl)CCNC2. The summed E-state index contributed by atoms with van der Waals surface area (Å²) in [5, 5.41) is 4.03. The van der Waals surface area contributed by atoms with Crippen LogP contribution in [0.1, 0.15) is 11.1 Å². The number of anilines is 1. The first-order chi connectivity index (χ1) is 5.79. The van der Waals surface area contributed by atoms with E-state index in [1.54, 1.807) is 0 Å². The van der Waals surface area contributed by atoms with Gasteiger partial charge >= 0.3 is 0 Å². The Labute approximate surface area is 76.7 Å². The molecular formula is C9H11ClN2. The second-order valence-corrected chi connectivity index (χ2v) is 3.41. The fourth-order valence-corrected chi connectivity index (χ4v) is 1.83. The molecule has 0 amide bonds. The molecule has 0 aliphatic carbocycles. The molecule has 1 aliphatic heterocycles. The minimum Gasteiger partial charge on any atom is -0.398 e. The minimum atomic E-state index is 0.692. The van der Waals surface area contributed by atoms with Crippen molar-refractivity contribution < 1.29 is 0 Å². The first-order valence-corrected chi connectivity index (χ1v) is 4.43. The molecule has 1 aromatic rings. The van der Waals surface area contributed by atoms with E-state index >= 15 is 0 Å². The van der Waals surface area contributed by atoms with Crippen LogP contribution in [-0.2, 0) is 13.0 Å². The summed E-state index contributed by atoms with van der Waals surface area (Å²) in [6, 6.07) is 3.91. The molecule has 0 bridgehead atoms. The minimum absolute atomic E-state index is 0.692. The van der Waals surface area contributed by atoms with Crippen LogP contribution in [0.15, 0.2) is 12.1 Å². The van der Waals surface area contributed by atoms with Crippen molar-refractivity contribution in [2.75, 3.05) is 12.3 Å². The van der Waals surface area contributed by atoms with Crippen molar-refractivity contribution >= 4 is 17.3 Å². The van der Waals surface area contributed by atoms with Gasteiger partial charge in [0.25, 0.3) is 0 Å². The second-order valence-electron chi connectivity index (χ2n) is 3.03. The molecule has 0 saturated carbocycles. The maximum atomic E-state index is 6.06. The van der Waals surface area contributed by atoms with Gasteiger partial charge in [-0.2, -0.15) is 0 Å². The fraction of sp³-hybridized carbons (Fsp3) is 0.333. The molecule has 0 atom stereocenters. The summed E-state index contributed by atoms with van der Waals surface area (Å²) in [6.07, 6.45) is 0.985. The Kier molecular flexibility index (Phi) is 1.95. The monoisotopic (exact) mass is 182 g/mol. The van der Waals surface area contributed by atoms with Crippen LogP contribution < -0.4 is 11.1 Å². The summed E-state index contributed by atoms with van der Waals surface area (Å²) in [5.41, 5.74) is 8.88. The summed E-state index contributed by atoms with van der Waals surface area (Å²) < 4.78 is 0. The molecular weight excluding hydrogens is 172 g/mol. The number of hydrogen-bond acceptors (Lipinski definition) is 2. The van der Waals surface area contributed by atoms with Crippen LogP contribution in [0, 0.1) is 0 Å². The van der Waals surface area contributed by atoms with Crippen molar-refractivity contribution in [1.29, 1.82) is 0 Å². The maximum Gasteiger partial charge on any atom is 0.0671 e. The molecule has 3 N–H and O–H groups in total. The largest absolute Gasteiger partial charge is 0.398 e. The maximum absolute atomic E-state index is 6.06. The van der Waals surface area contributed by atoms with E-state index in [1.165, 1.54) is 11.1 Å². The average Bonchev–Trinajstić information content (AvgIpc) is 2.12. The van der Waals surface area contributed by atoms with Crippen molar-refractivity contribution in [3.63, 3.8) is 0 Å². The van der Waals surface area contributed by atoms with Crippen LogP contribution in [-0.4, -0.2) is 6.54 Å². The summed E-state index contributed by atoms with van der Waals surface area (Å²) >= 11 is 6.06. The Morgan fingerprint density at radius 1 is 1.42 bits per heavy atom. The lowest BCUT2D eigenvalue weighted by atomic mass is 10.0. The van der Waals surface area contributed by atoms with Crippen LogP contribution in [0.3, 0.4) is 0 Å². The Morgan fingerprint density at radius 2 is 2.25 bits per heavy atom. The third kappa shape index (κ3) is 1.17. The van der Waals surface area contributed by atoms with Crippen LogP contribution in [0.5, 0.6) is 0 Å². The number of rotatable bonds is 0. The van der Waals surface area contributed by atoms with Gasteiger partial charge in [-0.3, -0.25) is 0 Å². The Morgan fingerprint density at radius 3 is 3.08 bits per heavy atom. The van der Waals surface area contributed by atoms with Gasteiger partial charge in [-0.25, -0.2) is 0 Å². The van der Waals surface area contributed by atoms with Gasteiger partial charge in [0.2, 0.25) is 0 Å². The third-order valence-electron chi connectivity index (χ3n) is 2.24. The van der Waals surface area contributed by atoms with Crippen molar-refractivity contribution in [3.8, 4) is 0 Å². The van der Waals surface area contributed by atoms with Gasteiger partial charge in [-0.05, 0) is 30.2 Å². The van der Waals surface area contributed by atoms with Gasteiger partial charge in [-0.1, -0.05) is 17.7 Å². The lowest BCUT2D eigenvalue weighted by Crippen LogP contribution is -2.23. The van der Waals surface area contributed by atoms with Gasteiger partial charge in [0, 0.05) is 6.54 Å². The normalized spacial score (nSPS) is 15.8. The van der Waals surface area contributed by atoms with Crippen LogP contribution in [0.4, 0.5) is 5.69 Å². The summed E-state index contributed by atoms with van der Waals surface area (Å²) in [7, 11) is 0. The van der Waals surface area contributed by atoms with Crippen LogP contribution in [0.2, 0.25) is 5.02 Å². The number of halogens is 1. The molecule has 1 heterocycles. The van der Waals surface area contributed by atoms with E-state index in [1.807, 2.05) is 12.1 Å². The molecule has 1 aliphatic rings. The quantitative estimate of drug-likeness (QED) is 0.598. The zero-order valence-corrected chi connectivity index (χ0v) is 7.49. The molecule has 12 heavy (non-hydrogen) atoms. The number of nitrogens with one attached hydrogen (secondary N) is 1. The van der Waals surface area contributed by atoms with E-state index in [4.69, 9.17) is 17.3 Å². The van der Waals surface area contributed by atoms with E-state index in [9.17, 15) is 0 Å². The number of hydrogen-bond donors (Lipinski definition) is 2. The third-order valence-corrected chi connectivity index (χ3v) is 2.68. The van der Waals surface area contributed by atoms with Gasteiger partial charge in [-0.15, -0.1) is 0 Å². The topological polar surface area (TPSA) is 38.0 Å². The summed E-state index contributed by atoms with van der Waals surface area (Å²) in [4.78, 5) is 0. The zero-order valence-electron chi connectivity index (χ0n) is 6.73. The lowest BCUT2D eigenvalue weighted by molar-refractivity contribution is 0.644. The van der Waals surface area contributed by atoms with Crippen LogP contribution in [0.25, 0.3) is 0 Å². The summed E-state index contributed by atoms with van der Waals surface area (Å²) in [6.45, 7) is 1.91. The first-order valence-electron chi connectivity index (χ1n) is 4.05. The molecule has 0 spiro atoms. The van der Waals surface area contributed by atoms with Gasteiger partial charge in [0.1, 0.15) is 0 Å². The highest BCUT2D eigenvalue weighted by Crippen LogP contribution is 2.28. The van der Waals surface area contributed by atoms with E-state index in [0.29, 0.717) is 5.69 Å². The highest BCUT2D eigenvalue weighted by molar-refractivity contribution is 6.34.